The number of thiophene rings is 1. The maximum absolute atomic E-state index is 13.2. The molecule has 2 heterocycles. The lowest BCUT2D eigenvalue weighted by molar-refractivity contribution is 0.0735. The number of para-hydroxylation sites is 1. The van der Waals surface area contributed by atoms with Gasteiger partial charge in [0.1, 0.15) is 0 Å². The monoisotopic (exact) mass is 426 g/mol. The largest absolute Gasteiger partial charge is 0.334 e. The minimum absolute atomic E-state index is 0.0861. The highest BCUT2D eigenvalue weighted by Gasteiger charge is 2.25. The molecule has 3 aromatic rings. The van der Waals surface area contributed by atoms with Crippen LogP contribution in [0.2, 0.25) is 0 Å². The summed E-state index contributed by atoms with van der Waals surface area (Å²) in [4.78, 5) is 16.4. The predicted molar refractivity (Wildman–Crippen MR) is 116 cm³/mol. The molecule has 0 saturated heterocycles. The molecule has 1 amide bonds. The molecule has 29 heavy (non-hydrogen) atoms. The molecule has 0 spiro atoms. The fourth-order valence-electron chi connectivity index (χ4n) is 3.48. The predicted octanol–water partition coefficient (Wildman–Crippen LogP) is 4.36. The van der Waals surface area contributed by atoms with E-state index in [1.165, 1.54) is 16.5 Å². The summed E-state index contributed by atoms with van der Waals surface area (Å²) in [5, 5.41) is 2.05. The number of rotatable bonds is 4. The number of amides is 1. The van der Waals surface area contributed by atoms with Crippen molar-refractivity contribution in [1.82, 2.24) is 4.90 Å². The minimum Gasteiger partial charge on any atom is -0.334 e. The second-order valence-corrected chi connectivity index (χ2v) is 9.93. The van der Waals surface area contributed by atoms with E-state index in [1.54, 1.807) is 40.5 Å². The number of hydrogen-bond acceptors (Lipinski definition) is 4. The number of hydrogen-bond donors (Lipinski definition) is 1. The zero-order valence-electron chi connectivity index (χ0n) is 16.3. The van der Waals surface area contributed by atoms with Gasteiger partial charge in [-0.3, -0.25) is 9.52 Å². The van der Waals surface area contributed by atoms with Crippen molar-refractivity contribution in [2.45, 2.75) is 31.7 Å². The van der Waals surface area contributed by atoms with Crippen LogP contribution >= 0.6 is 11.3 Å². The molecule has 150 valence electrons. The van der Waals surface area contributed by atoms with Crippen molar-refractivity contribution in [2.75, 3.05) is 11.3 Å². The van der Waals surface area contributed by atoms with Gasteiger partial charge < -0.3 is 4.90 Å². The fourth-order valence-corrected chi connectivity index (χ4v) is 5.53. The van der Waals surface area contributed by atoms with Crippen molar-refractivity contribution >= 4 is 33.0 Å². The number of anilines is 1. The van der Waals surface area contributed by atoms with Gasteiger partial charge in [-0.15, -0.1) is 11.3 Å². The van der Waals surface area contributed by atoms with Crippen LogP contribution in [-0.2, 0) is 23.0 Å². The summed E-state index contributed by atoms with van der Waals surface area (Å²) < 4.78 is 28.4. The molecule has 0 fully saturated rings. The van der Waals surface area contributed by atoms with E-state index in [0.29, 0.717) is 24.3 Å². The maximum Gasteiger partial charge on any atom is 0.261 e. The zero-order chi connectivity index (χ0) is 20.6. The number of benzene rings is 2. The van der Waals surface area contributed by atoms with Gasteiger partial charge >= 0.3 is 0 Å². The quantitative estimate of drug-likeness (QED) is 0.674. The van der Waals surface area contributed by atoms with Crippen molar-refractivity contribution in [1.29, 1.82) is 0 Å². The van der Waals surface area contributed by atoms with Crippen molar-refractivity contribution in [3.8, 4) is 0 Å². The van der Waals surface area contributed by atoms with Gasteiger partial charge in [-0.1, -0.05) is 24.3 Å². The smallest absolute Gasteiger partial charge is 0.261 e. The van der Waals surface area contributed by atoms with Gasteiger partial charge in [0, 0.05) is 23.5 Å². The highest BCUT2D eigenvalue weighted by atomic mass is 32.2. The lowest BCUT2D eigenvalue weighted by Gasteiger charge is -2.27. The third-order valence-corrected chi connectivity index (χ3v) is 7.62. The molecule has 0 unspecified atom stereocenters. The van der Waals surface area contributed by atoms with E-state index < -0.39 is 10.0 Å². The zero-order valence-corrected chi connectivity index (χ0v) is 17.9. The molecule has 0 bridgehead atoms. The molecular formula is C22H22N2O3S2. The first-order valence-corrected chi connectivity index (χ1v) is 11.7. The molecular weight excluding hydrogens is 404 g/mol. The second kappa shape index (κ2) is 7.65. The number of carbonyl (C=O) groups is 1. The number of nitrogens with one attached hydrogen (secondary N) is 1. The van der Waals surface area contributed by atoms with E-state index in [4.69, 9.17) is 0 Å². The van der Waals surface area contributed by atoms with Crippen LogP contribution in [0.25, 0.3) is 0 Å². The Morgan fingerprint density at radius 3 is 2.66 bits per heavy atom. The molecule has 1 N–H and O–H groups in total. The maximum atomic E-state index is 13.2. The Hall–Kier alpha value is -2.64. The summed E-state index contributed by atoms with van der Waals surface area (Å²) in [6, 6.07) is 14.0. The van der Waals surface area contributed by atoms with Gasteiger partial charge in [0.2, 0.25) is 0 Å². The molecule has 1 aliphatic heterocycles. The summed E-state index contributed by atoms with van der Waals surface area (Å²) in [5.41, 5.74) is 3.73. The molecule has 5 nitrogen and oxygen atoms in total. The average molecular weight is 427 g/mol. The fraction of sp³-hybridized carbons (Fsp3) is 0.227. The highest BCUT2D eigenvalue weighted by molar-refractivity contribution is 7.92. The van der Waals surface area contributed by atoms with E-state index in [-0.39, 0.29) is 10.8 Å². The van der Waals surface area contributed by atoms with Crippen molar-refractivity contribution in [2.24, 2.45) is 0 Å². The van der Waals surface area contributed by atoms with Crippen molar-refractivity contribution < 1.29 is 13.2 Å². The Morgan fingerprint density at radius 2 is 1.86 bits per heavy atom. The van der Waals surface area contributed by atoms with E-state index >= 15 is 0 Å². The lowest BCUT2D eigenvalue weighted by Crippen LogP contribution is -2.35. The number of sulfonamides is 1. The molecule has 2 aromatic carbocycles. The standard InChI is InChI=1S/C22H22N2O3S2/c1-15-7-8-18(29(26,27)23-20-6-4-3-5-16(20)2)13-19(15)22(25)24-11-9-21-17(14-24)10-12-28-21/h3-8,10,12-13,23H,9,11,14H2,1-2H3. The van der Waals surface area contributed by atoms with Crippen LogP contribution < -0.4 is 4.72 Å². The average Bonchev–Trinajstić information content (AvgIpc) is 3.17. The van der Waals surface area contributed by atoms with Crippen LogP contribution in [0.1, 0.15) is 31.9 Å². The lowest BCUT2D eigenvalue weighted by atomic mass is 10.0. The first-order valence-electron chi connectivity index (χ1n) is 9.39. The Morgan fingerprint density at radius 1 is 1.07 bits per heavy atom. The molecule has 7 heteroatoms. The van der Waals surface area contributed by atoms with Gasteiger partial charge in [-0.25, -0.2) is 8.42 Å². The Labute approximate surface area is 175 Å². The molecule has 1 aliphatic rings. The van der Waals surface area contributed by atoms with Gasteiger partial charge in [0.15, 0.2) is 0 Å². The van der Waals surface area contributed by atoms with Crippen molar-refractivity contribution in [3.63, 3.8) is 0 Å². The van der Waals surface area contributed by atoms with Crippen LogP contribution in [0.15, 0.2) is 58.8 Å². The molecule has 1 aromatic heterocycles. The second-order valence-electron chi connectivity index (χ2n) is 7.24. The molecule has 0 radical (unpaired) electrons. The Bertz CT molecular complexity index is 1180. The van der Waals surface area contributed by atoms with E-state index in [9.17, 15) is 13.2 Å². The van der Waals surface area contributed by atoms with Gasteiger partial charge in [0.05, 0.1) is 10.6 Å². The van der Waals surface area contributed by atoms with Crippen LogP contribution in [0.3, 0.4) is 0 Å². The number of aryl methyl sites for hydroxylation is 2. The summed E-state index contributed by atoms with van der Waals surface area (Å²) in [6.45, 7) is 4.88. The third kappa shape index (κ3) is 3.93. The normalized spacial score (nSPS) is 13.8. The van der Waals surface area contributed by atoms with Gasteiger partial charge in [-0.05, 0) is 66.6 Å². The van der Waals surface area contributed by atoms with Gasteiger partial charge in [0.25, 0.3) is 15.9 Å². The number of nitrogens with zero attached hydrogens (tertiary/aromatic N) is 1. The van der Waals surface area contributed by atoms with Crippen LogP contribution in [-0.4, -0.2) is 25.8 Å². The first kappa shape index (κ1) is 19.7. The van der Waals surface area contributed by atoms with Crippen molar-refractivity contribution in [3.05, 3.63) is 81.0 Å². The molecule has 0 saturated carbocycles. The van der Waals surface area contributed by atoms with Gasteiger partial charge in [-0.2, -0.15) is 0 Å². The summed E-state index contributed by atoms with van der Waals surface area (Å²) >= 11 is 1.72. The van der Waals surface area contributed by atoms with E-state index in [1.807, 2.05) is 31.4 Å². The Kier molecular flexibility index (Phi) is 5.19. The number of carbonyl (C=O) groups excluding carboxylic acids is 1. The Balaban J connectivity index is 1.62. The molecule has 4 rings (SSSR count). The molecule has 0 aliphatic carbocycles. The highest BCUT2D eigenvalue weighted by Crippen LogP contribution is 2.27. The SMILES string of the molecule is Cc1ccccc1NS(=O)(=O)c1ccc(C)c(C(=O)N2CCc3sccc3C2)c1. The molecule has 0 atom stereocenters. The summed E-state index contributed by atoms with van der Waals surface area (Å²) in [5.74, 6) is -0.132. The van der Waals surface area contributed by atoms with E-state index in [0.717, 1.165) is 17.5 Å². The van der Waals surface area contributed by atoms with E-state index in [2.05, 4.69) is 10.8 Å². The first-order chi connectivity index (χ1) is 13.8. The van der Waals surface area contributed by atoms with Crippen LogP contribution in [0, 0.1) is 13.8 Å². The number of fused-ring (bicyclic) bond motifs is 1. The summed E-state index contributed by atoms with van der Waals surface area (Å²) in [6.07, 6.45) is 0.838. The van der Waals surface area contributed by atoms with Crippen LogP contribution in [0.5, 0.6) is 0 Å². The topological polar surface area (TPSA) is 66.5 Å². The summed E-state index contributed by atoms with van der Waals surface area (Å²) in [7, 11) is -3.80. The third-order valence-electron chi connectivity index (χ3n) is 5.23. The van der Waals surface area contributed by atoms with Crippen LogP contribution in [0.4, 0.5) is 5.69 Å². The minimum atomic E-state index is -3.80.